The van der Waals surface area contributed by atoms with E-state index in [1.165, 1.54) is 6.07 Å². The maximum Gasteiger partial charge on any atom is 0.146 e. The van der Waals surface area contributed by atoms with E-state index >= 15 is 0 Å². The first-order valence-corrected chi connectivity index (χ1v) is 3.86. The maximum absolute atomic E-state index is 13.1. The molecule has 0 heterocycles. The lowest BCUT2D eigenvalue weighted by Gasteiger charge is -2.18. The number of nitrogens with zero attached hydrogens (tertiary/aromatic N) is 1. The average molecular weight is 168 g/mol. The van der Waals surface area contributed by atoms with Crippen molar-refractivity contribution in [3.05, 3.63) is 30.1 Å². The van der Waals surface area contributed by atoms with Crippen LogP contribution in [0.3, 0.4) is 0 Å². The van der Waals surface area contributed by atoms with Gasteiger partial charge in [-0.2, -0.15) is 0 Å². The first-order chi connectivity index (χ1) is 5.75. The molecule has 1 rings (SSSR count). The Kier molecular flexibility index (Phi) is 3.05. The highest BCUT2D eigenvalue weighted by molar-refractivity contribution is 5.46. The van der Waals surface area contributed by atoms with Crippen LogP contribution >= 0.6 is 0 Å². The lowest BCUT2D eigenvalue weighted by molar-refractivity contribution is 0.619. The van der Waals surface area contributed by atoms with Crippen LogP contribution in [0.15, 0.2) is 24.3 Å². The number of halogens is 1. The highest BCUT2D eigenvalue weighted by Crippen LogP contribution is 2.15. The van der Waals surface area contributed by atoms with E-state index < -0.39 is 0 Å². The Morgan fingerprint density at radius 1 is 1.42 bits per heavy atom. The summed E-state index contributed by atoms with van der Waals surface area (Å²) in [4.78, 5) is 1.81. The minimum atomic E-state index is -0.185. The Morgan fingerprint density at radius 3 is 2.67 bits per heavy atom. The minimum absolute atomic E-state index is 0.185. The van der Waals surface area contributed by atoms with Gasteiger partial charge in [0.1, 0.15) is 5.82 Å². The van der Waals surface area contributed by atoms with Crippen LogP contribution in [0.1, 0.15) is 0 Å². The summed E-state index contributed by atoms with van der Waals surface area (Å²) in [5.41, 5.74) is 0.617. The van der Waals surface area contributed by atoms with Crippen molar-refractivity contribution < 1.29 is 4.39 Å². The van der Waals surface area contributed by atoms with Crippen molar-refractivity contribution in [1.29, 1.82) is 0 Å². The standard InChI is InChI=1S/C9H13FN2/c1-11-7-12(2)9-6-4-3-5-8(9)10/h3-6,11H,7H2,1-2H3. The molecule has 0 spiro atoms. The van der Waals surface area contributed by atoms with Crippen molar-refractivity contribution in [3.63, 3.8) is 0 Å². The number of para-hydroxylation sites is 1. The van der Waals surface area contributed by atoms with Gasteiger partial charge < -0.3 is 10.2 Å². The van der Waals surface area contributed by atoms with E-state index in [-0.39, 0.29) is 5.82 Å². The molecule has 0 aromatic heterocycles. The number of hydrogen-bond donors (Lipinski definition) is 1. The molecule has 0 bridgehead atoms. The van der Waals surface area contributed by atoms with Crippen LogP contribution in [0.5, 0.6) is 0 Å². The molecule has 0 radical (unpaired) electrons. The number of anilines is 1. The van der Waals surface area contributed by atoms with Gasteiger partial charge in [-0.1, -0.05) is 12.1 Å². The van der Waals surface area contributed by atoms with Gasteiger partial charge in [0, 0.05) is 7.05 Å². The Hall–Kier alpha value is -1.09. The van der Waals surface area contributed by atoms with Gasteiger partial charge in [0.2, 0.25) is 0 Å². The normalized spacial score (nSPS) is 9.92. The van der Waals surface area contributed by atoms with Crippen LogP contribution in [0.4, 0.5) is 10.1 Å². The summed E-state index contributed by atoms with van der Waals surface area (Å²) in [5, 5.41) is 2.95. The third-order valence-electron chi connectivity index (χ3n) is 1.66. The lowest BCUT2D eigenvalue weighted by Crippen LogP contribution is -2.28. The van der Waals surface area contributed by atoms with E-state index in [4.69, 9.17) is 0 Å². The summed E-state index contributed by atoms with van der Waals surface area (Å²) >= 11 is 0. The SMILES string of the molecule is CNCN(C)c1ccccc1F. The molecule has 1 aromatic carbocycles. The number of hydrogen-bond acceptors (Lipinski definition) is 2. The zero-order valence-electron chi connectivity index (χ0n) is 7.34. The molecule has 12 heavy (non-hydrogen) atoms. The van der Waals surface area contributed by atoms with Crippen LogP contribution in [0.25, 0.3) is 0 Å². The monoisotopic (exact) mass is 168 g/mol. The largest absolute Gasteiger partial charge is 0.359 e. The molecule has 0 aliphatic heterocycles. The van der Waals surface area contributed by atoms with E-state index in [2.05, 4.69) is 5.32 Å². The van der Waals surface area contributed by atoms with E-state index in [0.29, 0.717) is 12.4 Å². The zero-order chi connectivity index (χ0) is 8.97. The number of benzene rings is 1. The molecular weight excluding hydrogens is 155 g/mol. The van der Waals surface area contributed by atoms with Gasteiger partial charge in [-0.05, 0) is 19.2 Å². The highest BCUT2D eigenvalue weighted by Gasteiger charge is 2.03. The first kappa shape index (κ1) is 9.00. The Labute approximate surface area is 72.0 Å². The third kappa shape index (κ3) is 1.95. The molecule has 0 amide bonds. The molecule has 0 aliphatic carbocycles. The highest BCUT2D eigenvalue weighted by atomic mass is 19.1. The van der Waals surface area contributed by atoms with Crippen molar-refractivity contribution in [2.24, 2.45) is 0 Å². The molecule has 66 valence electrons. The van der Waals surface area contributed by atoms with Gasteiger partial charge in [-0.15, -0.1) is 0 Å². The average Bonchev–Trinajstić information content (AvgIpc) is 2.05. The fraction of sp³-hybridized carbons (Fsp3) is 0.333. The van der Waals surface area contributed by atoms with Crippen LogP contribution in [-0.4, -0.2) is 20.8 Å². The molecule has 1 N–H and O–H groups in total. The summed E-state index contributed by atoms with van der Waals surface area (Å²) in [6.07, 6.45) is 0. The smallest absolute Gasteiger partial charge is 0.146 e. The molecule has 0 atom stereocenters. The molecule has 3 heteroatoms. The van der Waals surface area contributed by atoms with Crippen molar-refractivity contribution in [3.8, 4) is 0 Å². The van der Waals surface area contributed by atoms with E-state index in [1.54, 1.807) is 12.1 Å². The predicted molar refractivity (Wildman–Crippen MR) is 48.7 cm³/mol. The molecular formula is C9H13FN2. The molecule has 0 aliphatic rings. The van der Waals surface area contributed by atoms with Gasteiger partial charge in [0.25, 0.3) is 0 Å². The van der Waals surface area contributed by atoms with Crippen molar-refractivity contribution in [2.75, 3.05) is 25.7 Å². The van der Waals surface area contributed by atoms with Crippen molar-refractivity contribution in [1.82, 2.24) is 5.32 Å². The van der Waals surface area contributed by atoms with E-state index in [9.17, 15) is 4.39 Å². The second-order valence-electron chi connectivity index (χ2n) is 2.66. The van der Waals surface area contributed by atoms with Crippen molar-refractivity contribution in [2.45, 2.75) is 0 Å². The van der Waals surface area contributed by atoms with Gasteiger partial charge in [0.05, 0.1) is 12.4 Å². The summed E-state index contributed by atoms with van der Waals surface area (Å²) in [7, 11) is 3.67. The Bertz CT molecular complexity index is 250. The maximum atomic E-state index is 13.1. The van der Waals surface area contributed by atoms with Crippen LogP contribution in [0, 0.1) is 5.82 Å². The van der Waals surface area contributed by atoms with Crippen LogP contribution in [0.2, 0.25) is 0 Å². The molecule has 0 unspecified atom stereocenters. The van der Waals surface area contributed by atoms with Gasteiger partial charge >= 0.3 is 0 Å². The van der Waals surface area contributed by atoms with Gasteiger partial charge in [0.15, 0.2) is 0 Å². The van der Waals surface area contributed by atoms with Crippen LogP contribution < -0.4 is 10.2 Å². The minimum Gasteiger partial charge on any atom is -0.359 e. The summed E-state index contributed by atoms with van der Waals surface area (Å²) in [6, 6.07) is 6.73. The molecule has 0 fully saturated rings. The summed E-state index contributed by atoms with van der Waals surface area (Å²) < 4.78 is 13.1. The van der Waals surface area contributed by atoms with Crippen LogP contribution in [-0.2, 0) is 0 Å². The number of nitrogens with one attached hydrogen (secondary N) is 1. The third-order valence-corrected chi connectivity index (χ3v) is 1.66. The summed E-state index contributed by atoms with van der Waals surface area (Å²) in [6.45, 7) is 0.640. The molecule has 2 nitrogen and oxygen atoms in total. The zero-order valence-corrected chi connectivity index (χ0v) is 7.34. The Balaban J connectivity index is 2.79. The van der Waals surface area contributed by atoms with Gasteiger partial charge in [-0.3, -0.25) is 0 Å². The summed E-state index contributed by atoms with van der Waals surface area (Å²) in [5.74, 6) is -0.185. The predicted octanol–water partition coefficient (Wildman–Crippen LogP) is 1.44. The second-order valence-corrected chi connectivity index (χ2v) is 2.66. The molecule has 0 saturated carbocycles. The quantitative estimate of drug-likeness (QED) is 0.687. The van der Waals surface area contributed by atoms with E-state index in [0.717, 1.165) is 0 Å². The molecule has 0 saturated heterocycles. The second kappa shape index (κ2) is 4.07. The van der Waals surface area contributed by atoms with Crippen molar-refractivity contribution >= 4 is 5.69 Å². The fourth-order valence-corrected chi connectivity index (χ4v) is 1.08. The van der Waals surface area contributed by atoms with E-state index in [1.807, 2.05) is 25.1 Å². The number of rotatable bonds is 3. The molecule has 1 aromatic rings. The topological polar surface area (TPSA) is 15.3 Å². The lowest BCUT2D eigenvalue weighted by atomic mass is 10.3. The Morgan fingerprint density at radius 2 is 2.08 bits per heavy atom. The van der Waals surface area contributed by atoms with Gasteiger partial charge in [-0.25, -0.2) is 4.39 Å². The fourth-order valence-electron chi connectivity index (χ4n) is 1.08. The first-order valence-electron chi connectivity index (χ1n) is 3.86.